The van der Waals surface area contributed by atoms with Crippen LogP contribution in [0.5, 0.6) is 0 Å². The maximum atomic E-state index is 10.8. The van der Waals surface area contributed by atoms with Crippen molar-refractivity contribution in [3.8, 4) is 0 Å². The van der Waals surface area contributed by atoms with E-state index < -0.39 is 4.92 Å². The molecule has 1 unspecified atom stereocenters. The third-order valence-electron chi connectivity index (χ3n) is 3.83. The molecule has 2 aromatic rings. The van der Waals surface area contributed by atoms with Crippen LogP contribution >= 0.6 is 0 Å². The lowest BCUT2D eigenvalue weighted by molar-refractivity contribution is -0.389. The Bertz CT molecular complexity index is 717. The summed E-state index contributed by atoms with van der Waals surface area (Å²) in [7, 11) is 0. The van der Waals surface area contributed by atoms with Gasteiger partial charge >= 0.3 is 5.82 Å². The maximum absolute atomic E-state index is 10.8. The molecule has 0 bridgehead atoms. The summed E-state index contributed by atoms with van der Waals surface area (Å²) in [5.74, 6) is 0.0616. The van der Waals surface area contributed by atoms with Gasteiger partial charge in [-0.1, -0.05) is 48.6 Å². The van der Waals surface area contributed by atoms with E-state index in [-0.39, 0.29) is 11.7 Å². The fourth-order valence-electron chi connectivity index (χ4n) is 2.73. The van der Waals surface area contributed by atoms with Crippen LogP contribution in [0.2, 0.25) is 0 Å². The number of rotatable bonds is 5. The molecule has 0 saturated heterocycles. The van der Waals surface area contributed by atoms with Crippen molar-refractivity contribution < 1.29 is 4.92 Å². The number of hydrogen-bond acceptors (Lipinski definition) is 3. The second kappa shape index (κ2) is 6.39. The molecule has 0 amide bonds. The summed E-state index contributed by atoms with van der Waals surface area (Å²) in [6.07, 6.45) is 11.7. The summed E-state index contributed by atoms with van der Waals surface area (Å²) in [6, 6.07) is 10.2. The van der Waals surface area contributed by atoms with Gasteiger partial charge in [0.2, 0.25) is 6.33 Å². The first kappa shape index (κ1) is 14.3. The Hall–Kier alpha value is -2.69. The summed E-state index contributed by atoms with van der Waals surface area (Å²) in [4.78, 5) is 14.1. The van der Waals surface area contributed by atoms with Crippen LogP contribution in [0.25, 0.3) is 0 Å². The number of hydrogen-bond donors (Lipinski definition) is 0. The minimum Gasteiger partial charge on any atom is -0.358 e. The number of imidazole rings is 1. The van der Waals surface area contributed by atoms with Crippen molar-refractivity contribution >= 4 is 5.82 Å². The average Bonchev–Trinajstić information content (AvgIpc) is 3.03. The van der Waals surface area contributed by atoms with Crippen LogP contribution in [0.4, 0.5) is 5.82 Å². The second-order valence-corrected chi connectivity index (χ2v) is 5.33. The van der Waals surface area contributed by atoms with E-state index in [1.54, 1.807) is 4.57 Å². The molecule has 0 aliphatic heterocycles. The largest absolute Gasteiger partial charge is 0.381 e. The first-order valence-corrected chi connectivity index (χ1v) is 7.32. The Labute approximate surface area is 128 Å². The molecule has 1 aliphatic carbocycles. The first-order valence-electron chi connectivity index (χ1n) is 7.32. The molecular weight excluding hydrogens is 278 g/mol. The SMILES string of the molecule is O=[N+]([O-])c1cn(CC(C2=CCCC=C2)c2ccccc2)cn1. The zero-order valence-corrected chi connectivity index (χ0v) is 12.1. The Kier molecular flexibility index (Phi) is 4.14. The highest BCUT2D eigenvalue weighted by Crippen LogP contribution is 2.30. The van der Waals surface area contributed by atoms with Gasteiger partial charge in [0.25, 0.3) is 0 Å². The fourth-order valence-corrected chi connectivity index (χ4v) is 2.73. The molecule has 22 heavy (non-hydrogen) atoms. The topological polar surface area (TPSA) is 61.0 Å². The highest BCUT2D eigenvalue weighted by Gasteiger charge is 2.19. The van der Waals surface area contributed by atoms with Gasteiger partial charge in [-0.2, -0.15) is 0 Å². The van der Waals surface area contributed by atoms with E-state index in [0.29, 0.717) is 6.54 Å². The normalized spacial score (nSPS) is 15.4. The summed E-state index contributed by atoms with van der Waals surface area (Å²) in [6.45, 7) is 0.640. The molecule has 5 heteroatoms. The number of aromatic nitrogens is 2. The van der Waals surface area contributed by atoms with Crippen molar-refractivity contribution in [2.75, 3.05) is 0 Å². The van der Waals surface area contributed by atoms with Gasteiger partial charge in [-0.05, 0) is 33.9 Å². The molecule has 1 aromatic carbocycles. The van der Waals surface area contributed by atoms with Crippen LogP contribution in [0.1, 0.15) is 24.3 Å². The van der Waals surface area contributed by atoms with Crippen LogP contribution in [-0.4, -0.2) is 14.5 Å². The lowest BCUT2D eigenvalue weighted by atomic mass is 9.88. The summed E-state index contributed by atoms with van der Waals surface area (Å²) >= 11 is 0. The molecule has 0 fully saturated rings. The van der Waals surface area contributed by atoms with Crippen LogP contribution in [0.3, 0.4) is 0 Å². The predicted molar refractivity (Wildman–Crippen MR) is 84.5 cm³/mol. The highest BCUT2D eigenvalue weighted by atomic mass is 16.6. The molecule has 0 radical (unpaired) electrons. The molecule has 1 aliphatic rings. The first-order chi connectivity index (χ1) is 10.7. The van der Waals surface area contributed by atoms with Crippen molar-refractivity contribution in [1.82, 2.24) is 9.55 Å². The maximum Gasteiger partial charge on any atom is 0.381 e. The Morgan fingerprint density at radius 2 is 2.09 bits per heavy atom. The van der Waals surface area contributed by atoms with E-state index in [1.165, 1.54) is 23.7 Å². The van der Waals surface area contributed by atoms with Crippen LogP contribution in [0, 0.1) is 10.1 Å². The molecule has 3 rings (SSSR count). The van der Waals surface area contributed by atoms with Crippen molar-refractivity contribution in [2.24, 2.45) is 0 Å². The van der Waals surface area contributed by atoms with E-state index in [0.717, 1.165) is 12.8 Å². The molecular formula is C17H17N3O2. The summed E-state index contributed by atoms with van der Waals surface area (Å²) in [5, 5.41) is 10.8. The Morgan fingerprint density at radius 1 is 1.27 bits per heavy atom. The lowest BCUT2D eigenvalue weighted by Crippen LogP contribution is -2.11. The smallest absolute Gasteiger partial charge is 0.358 e. The third-order valence-corrected chi connectivity index (χ3v) is 3.83. The standard InChI is InChI=1S/C17H17N3O2/c21-20(22)17-12-19(13-18-17)11-16(14-7-3-1-4-8-14)15-9-5-2-6-10-15/h1,3-5,7-10,12-13,16H,2,6,11H2. The Morgan fingerprint density at radius 3 is 2.73 bits per heavy atom. The zero-order valence-electron chi connectivity index (χ0n) is 12.1. The molecule has 1 atom stereocenters. The zero-order chi connectivity index (χ0) is 15.4. The number of benzene rings is 1. The van der Waals surface area contributed by atoms with E-state index >= 15 is 0 Å². The quantitative estimate of drug-likeness (QED) is 0.621. The van der Waals surface area contributed by atoms with Crippen LogP contribution in [-0.2, 0) is 6.54 Å². The monoisotopic (exact) mass is 295 g/mol. The molecule has 1 aromatic heterocycles. The minimum atomic E-state index is -0.464. The van der Waals surface area contributed by atoms with Gasteiger partial charge in [0, 0.05) is 12.5 Å². The van der Waals surface area contributed by atoms with Gasteiger partial charge in [0.05, 0.1) is 0 Å². The third kappa shape index (κ3) is 3.14. The van der Waals surface area contributed by atoms with Crippen molar-refractivity contribution in [1.29, 1.82) is 0 Å². The Balaban J connectivity index is 1.89. The molecule has 0 N–H and O–H groups in total. The van der Waals surface area contributed by atoms with E-state index in [9.17, 15) is 10.1 Å². The predicted octanol–water partition coefficient (Wildman–Crippen LogP) is 3.85. The van der Waals surface area contributed by atoms with Gasteiger partial charge in [0.15, 0.2) is 0 Å². The van der Waals surface area contributed by atoms with Gasteiger partial charge in [-0.25, -0.2) is 0 Å². The molecule has 0 spiro atoms. The number of nitrogens with zero attached hydrogens (tertiary/aromatic N) is 3. The van der Waals surface area contributed by atoms with Gasteiger partial charge in [-0.15, -0.1) is 0 Å². The van der Waals surface area contributed by atoms with Crippen molar-refractivity contribution in [2.45, 2.75) is 25.3 Å². The minimum absolute atomic E-state index is 0.111. The molecule has 112 valence electrons. The van der Waals surface area contributed by atoms with E-state index in [1.807, 2.05) is 18.2 Å². The van der Waals surface area contributed by atoms with E-state index in [2.05, 4.69) is 35.3 Å². The highest BCUT2D eigenvalue weighted by molar-refractivity contribution is 5.36. The van der Waals surface area contributed by atoms with Gasteiger partial charge in [-0.3, -0.25) is 0 Å². The second-order valence-electron chi connectivity index (χ2n) is 5.33. The molecule has 1 heterocycles. The lowest BCUT2D eigenvalue weighted by Gasteiger charge is -2.21. The number of allylic oxidation sites excluding steroid dienone is 4. The summed E-state index contributed by atoms with van der Waals surface area (Å²) in [5.41, 5.74) is 2.46. The molecule has 5 nitrogen and oxygen atoms in total. The van der Waals surface area contributed by atoms with Crippen molar-refractivity contribution in [3.05, 3.63) is 82.3 Å². The number of nitro groups is 1. The van der Waals surface area contributed by atoms with Gasteiger partial charge < -0.3 is 14.7 Å². The fraction of sp³-hybridized carbons (Fsp3) is 0.235. The summed E-state index contributed by atoms with van der Waals surface area (Å²) < 4.78 is 1.79. The van der Waals surface area contributed by atoms with Crippen molar-refractivity contribution in [3.63, 3.8) is 0 Å². The van der Waals surface area contributed by atoms with Gasteiger partial charge in [0.1, 0.15) is 6.20 Å². The molecule has 0 saturated carbocycles. The average molecular weight is 295 g/mol. The van der Waals surface area contributed by atoms with E-state index in [4.69, 9.17) is 0 Å². The van der Waals surface area contributed by atoms with Crippen LogP contribution in [0.15, 0.2) is 66.7 Å². The van der Waals surface area contributed by atoms with Crippen LogP contribution < -0.4 is 0 Å².